The van der Waals surface area contributed by atoms with E-state index in [-0.39, 0.29) is 10.6 Å². The number of rotatable bonds is 5. The van der Waals surface area contributed by atoms with E-state index in [1.165, 1.54) is 12.1 Å². The first-order valence-corrected chi connectivity index (χ1v) is 7.55. The summed E-state index contributed by atoms with van der Waals surface area (Å²) in [6.45, 7) is 1.79. The number of nitrogens with one attached hydrogen (secondary N) is 2. The number of anilines is 1. The fraction of sp³-hybridized carbons (Fsp3) is 0.455. The van der Waals surface area contributed by atoms with Gasteiger partial charge in [-0.15, -0.1) is 0 Å². The zero-order chi connectivity index (χ0) is 15.0. The van der Waals surface area contributed by atoms with Gasteiger partial charge in [0.05, 0.1) is 10.6 Å². The van der Waals surface area contributed by atoms with Crippen molar-refractivity contribution < 1.29 is 13.3 Å². The molecule has 1 aliphatic rings. The Morgan fingerprint density at radius 1 is 1.40 bits per heavy atom. The van der Waals surface area contributed by atoms with Crippen LogP contribution < -0.4 is 16.0 Å². The van der Waals surface area contributed by atoms with Crippen molar-refractivity contribution in [2.75, 3.05) is 5.43 Å². The number of nitrogens with zero attached hydrogens (tertiary/aromatic N) is 1. The van der Waals surface area contributed by atoms with Gasteiger partial charge in [-0.05, 0) is 38.3 Å². The van der Waals surface area contributed by atoms with Crippen molar-refractivity contribution in [2.24, 2.45) is 5.84 Å². The van der Waals surface area contributed by atoms with Crippen LogP contribution in [-0.4, -0.2) is 18.9 Å². The van der Waals surface area contributed by atoms with E-state index in [1.807, 2.05) is 0 Å². The number of hydrazine groups is 1. The molecule has 20 heavy (non-hydrogen) atoms. The maximum atomic E-state index is 12.3. The van der Waals surface area contributed by atoms with E-state index in [1.54, 1.807) is 6.92 Å². The summed E-state index contributed by atoms with van der Waals surface area (Å²) in [4.78, 5) is 9.94. The average Bonchev–Trinajstić information content (AvgIpc) is 2.35. The molecule has 0 spiro atoms. The van der Waals surface area contributed by atoms with Crippen LogP contribution in [0.15, 0.2) is 23.1 Å². The minimum Gasteiger partial charge on any atom is -0.324 e. The first-order valence-electron chi connectivity index (χ1n) is 6.06. The lowest BCUT2D eigenvalue weighted by atomic mass is 9.80. The Balaban J connectivity index is 2.42. The smallest absolute Gasteiger partial charge is 0.291 e. The third-order valence-electron chi connectivity index (χ3n) is 3.45. The van der Waals surface area contributed by atoms with Crippen molar-refractivity contribution in [3.8, 4) is 0 Å². The molecule has 1 saturated carbocycles. The molecule has 8 nitrogen and oxygen atoms in total. The first-order chi connectivity index (χ1) is 9.27. The Bertz CT molecular complexity index is 640. The Morgan fingerprint density at radius 3 is 2.50 bits per heavy atom. The summed E-state index contributed by atoms with van der Waals surface area (Å²) >= 11 is 0. The van der Waals surface area contributed by atoms with Crippen LogP contribution in [0.4, 0.5) is 11.4 Å². The topological polar surface area (TPSA) is 127 Å². The molecule has 0 saturated heterocycles. The second-order valence-electron chi connectivity index (χ2n) is 5.10. The lowest BCUT2D eigenvalue weighted by molar-refractivity contribution is -0.387. The molecule has 0 radical (unpaired) electrons. The van der Waals surface area contributed by atoms with E-state index in [2.05, 4.69) is 10.1 Å². The van der Waals surface area contributed by atoms with Gasteiger partial charge in [0.25, 0.3) is 5.69 Å². The molecule has 0 heterocycles. The molecule has 2 rings (SSSR count). The Labute approximate surface area is 116 Å². The van der Waals surface area contributed by atoms with Gasteiger partial charge >= 0.3 is 0 Å². The summed E-state index contributed by atoms with van der Waals surface area (Å²) < 4.78 is 27.1. The Kier molecular flexibility index (Phi) is 3.67. The van der Waals surface area contributed by atoms with Crippen molar-refractivity contribution in [1.82, 2.24) is 4.72 Å². The monoisotopic (exact) mass is 300 g/mol. The molecular formula is C11H16N4O4S. The number of nitrogens with two attached hydrogens (primary N) is 1. The maximum absolute atomic E-state index is 12.3. The minimum absolute atomic E-state index is 0.269. The fourth-order valence-corrected chi connectivity index (χ4v) is 3.78. The van der Waals surface area contributed by atoms with Crippen LogP contribution in [0.1, 0.15) is 26.2 Å². The molecule has 0 aromatic heterocycles. The molecule has 4 N–H and O–H groups in total. The van der Waals surface area contributed by atoms with Crippen molar-refractivity contribution in [2.45, 2.75) is 36.6 Å². The van der Waals surface area contributed by atoms with Gasteiger partial charge in [0.15, 0.2) is 4.90 Å². The second-order valence-corrected chi connectivity index (χ2v) is 6.75. The summed E-state index contributed by atoms with van der Waals surface area (Å²) in [6.07, 6.45) is 2.39. The van der Waals surface area contributed by atoms with Crippen LogP contribution in [-0.2, 0) is 10.0 Å². The highest BCUT2D eigenvalue weighted by Crippen LogP contribution is 2.34. The van der Waals surface area contributed by atoms with Crippen molar-refractivity contribution in [1.29, 1.82) is 0 Å². The molecule has 0 amide bonds. The summed E-state index contributed by atoms with van der Waals surface area (Å²) in [5, 5.41) is 11.0. The van der Waals surface area contributed by atoms with E-state index < -0.39 is 26.2 Å². The number of nitrogen functional groups attached to an aromatic ring is 1. The number of hydrogen-bond acceptors (Lipinski definition) is 6. The van der Waals surface area contributed by atoms with Gasteiger partial charge in [-0.25, -0.2) is 13.1 Å². The van der Waals surface area contributed by atoms with E-state index in [0.29, 0.717) is 0 Å². The summed E-state index contributed by atoms with van der Waals surface area (Å²) in [7, 11) is -3.94. The number of sulfonamides is 1. The standard InChI is InChI=1S/C11H16N4O4S/c1-11(5-2-6-11)14-20(18,19)10-4-3-8(13-12)7-9(10)15(16)17/h3-4,7,13-14H,2,5-6,12H2,1H3. The predicted octanol–water partition coefficient (Wildman–Crippen LogP) is 1.10. The average molecular weight is 300 g/mol. The van der Waals surface area contributed by atoms with Crippen molar-refractivity contribution in [3.05, 3.63) is 28.3 Å². The maximum Gasteiger partial charge on any atom is 0.291 e. The fourth-order valence-electron chi connectivity index (χ4n) is 2.17. The molecular weight excluding hydrogens is 284 g/mol. The van der Waals surface area contributed by atoms with E-state index in [4.69, 9.17) is 5.84 Å². The summed E-state index contributed by atoms with van der Waals surface area (Å²) in [5.41, 5.74) is 1.50. The molecule has 1 aliphatic carbocycles. The van der Waals surface area contributed by atoms with Gasteiger partial charge in [-0.1, -0.05) is 0 Å². The van der Waals surface area contributed by atoms with Gasteiger partial charge < -0.3 is 5.43 Å². The minimum atomic E-state index is -3.94. The molecule has 9 heteroatoms. The van der Waals surface area contributed by atoms with Gasteiger partial charge in [0.1, 0.15) is 0 Å². The molecule has 1 fully saturated rings. The Morgan fingerprint density at radius 2 is 2.05 bits per heavy atom. The number of nitro benzene ring substituents is 1. The van der Waals surface area contributed by atoms with Gasteiger partial charge in [0.2, 0.25) is 10.0 Å². The summed E-state index contributed by atoms with van der Waals surface area (Å²) in [5.74, 6) is 5.17. The highest BCUT2D eigenvalue weighted by molar-refractivity contribution is 7.89. The highest BCUT2D eigenvalue weighted by atomic mass is 32.2. The predicted molar refractivity (Wildman–Crippen MR) is 73.5 cm³/mol. The summed E-state index contributed by atoms with van der Waals surface area (Å²) in [6, 6.07) is 3.65. The molecule has 0 atom stereocenters. The molecule has 1 aromatic rings. The number of nitro groups is 1. The van der Waals surface area contributed by atoms with Crippen LogP contribution in [0.25, 0.3) is 0 Å². The second kappa shape index (κ2) is 5.00. The molecule has 0 bridgehead atoms. The van der Waals surface area contributed by atoms with E-state index in [9.17, 15) is 18.5 Å². The lowest BCUT2D eigenvalue weighted by Crippen LogP contribution is -2.50. The van der Waals surface area contributed by atoms with Gasteiger partial charge in [-0.2, -0.15) is 0 Å². The lowest BCUT2D eigenvalue weighted by Gasteiger charge is -2.38. The number of benzene rings is 1. The van der Waals surface area contributed by atoms with E-state index in [0.717, 1.165) is 25.3 Å². The number of hydrogen-bond donors (Lipinski definition) is 3. The third kappa shape index (κ3) is 2.74. The molecule has 1 aromatic carbocycles. The van der Waals surface area contributed by atoms with Crippen LogP contribution in [0.2, 0.25) is 0 Å². The zero-order valence-electron chi connectivity index (χ0n) is 10.9. The third-order valence-corrected chi connectivity index (χ3v) is 5.14. The van der Waals surface area contributed by atoms with Gasteiger partial charge in [-0.3, -0.25) is 16.0 Å². The van der Waals surface area contributed by atoms with Crippen LogP contribution in [0.3, 0.4) is 0 Å². The first kappa shape index (κ1) is 14.7. The van der Waals surface area contributed by atoms with E-state index >= 15 is 0 Å². The molecule has 110 valence electrons. The quantitative estimate of drug-likeness (QED) is 0.424. The molecule has 0 aliphatic heterocycles. The van der Waals surface area contributed by atoms with Crippen molar-refractivity contribution in [3.63, 3.8) is 0 Å². The van der Waals surface area contributed by atoms with Crippen LogP contribution in [0.5, 0.6) is 0 Å². The van der Waals surface area contributed by atoms with Crippen LogP contribution >= 0.6 is 0 Å². The zero-order valence-corrected chi connectivity index (χ0v) is 11.7. The largest absolute Gasteiger partial charge is 0.324 e. The highest BCUT2D eigenvalue weighted by Gasteiger charge is 2.38. The normalized spacial score (nSPS) is 17.3. The SMILES string of the molecule is CC1(NS(=O)(=O)c2ccc(NN)cc2[N+](=O)[O-])CCC1. The van der Waals surface area contributed by atoms with Crippen molar-refractivity contribution >= 4 is 21.4 Å². The van der Waals surface area contributed by atoms with Gasteiger partial charge in [0, 0.05) is 11.6 Å². The molecule has 0 unspecified atom stereocenters. The van der Waals surface area contributed by atoms with Crippen LogP contribution in [0, 0.1) is 10.1 Å². The Hall–Kier alpha value is -1.71.